The predicted molar refractivity (Wildman–Crippen MR) is 213 cm³/mol. The summed E-state index contributed by atoms with van der Waals surface area (Å²) in [6.45, 7) is 0. The molecule has 0 aliphatic carbocycles. The second-order valence-corrected chi connectivity index (χ2v) is 12.7. The van der Waals surface area contributed by atoms with Crippen molar-refractivity contribution < 1.29 is 0 Å². The van der Waals surface area contributed by atoms with Gasteiger partial charge in [0.2, 0.25) is 0 Å². The van der Waals surface area contributed by atoms with Crippen molar-refractivity contribution in [3.8, 4) is 85.5 Å². The van der Waals surface area contributed by atoms with Crippen LogP contribution < -0.4 is 0 Å². The smallest absolute Gasteiger partial charge is 0.165 e. The first-order valence-electron chi connectivity index (χ1n) is 17.5. The maximum atomic E-state index is 10.4. The minimum atomic E-state index is 0.514. The number of rotatable bonds is 7. The molecule has 0 radical (unpaired) electrons. The lowest BCUT2D eigenvalue weighted by Gasteiger charge is -2.16. The van der Waals surface area contributed by atoms with E-state index in [4.69, 9.17) is 29.9 Å². The van der Waals surface area contributed by atoms with Crippen LogP contribution in [0.15, 0.2) is 176 Å². The zero-order chi connectivity index (χ0) is 36.3. The van der Waals surface area contributed by atoms with Gasteiger partial charge in [0, 0.05) is 38.8 Å². The largest absolute Gasteiger partial charge is 0.208 e. The fraction of sp³-hybridized carbons (Fsp3) is 0. The van der Waals surface area contributed by atoms with Gasteiger partial charge in [-0.1, -0.05) is 170 Å². The van der Waals surface area contributed by atoms with Crippen LogP contribution in [0.5, 0.6) is 0 Å². The monoisotopic (exact) mass is 691 g/mol. The third-order valence-electron chi connectivity index (χ3n) is 9.24. The maximum Gasteiger partial charge on any atom is 0.165 e. The van der Waals surface area contributed by atoms with E-state index >= 15 is 0 Å². The van der Waals surface area contributed by atoms with E-state index in [0.717, 1.165) is 55.3 Å². The van der Waals surface area contributed by atoms with Crippen molar-refractivity contribution >= 4 is 10.8 Å². The molecule has 252 valence electrons. The van der Waals surface area contributed by atoms with Gasteiger partial charge < -0.3 is 0 Å². The highest BCUT2D eigenvalue weighted by atomic mass is 15.0. The average Bonchev–Trinajstić information content (AvgIpc) is 3.26. The summed E-state index contributed by atoms with van der Waals surface area (Å²) in [6.07, 6.45) is 0. The summed E-state index contributed by atoms with van der Waals surface area (Å²) >= 11 is 0. The Morgan fingerprint density at radius 2 is 0.630 bits per heavy atom. The van der Waals surface area contributed by atoms with Crippen molar-refractivity contribution in [3.05, 3.63) is 181 Å². The van der Waals surface area contributed by atoms with Gasteiger partial charge in [0.1, 0.15) is 0 Å². The Hall–Kier alpha value is -7.69. The van der Waals surface area contributed by atoms with Crippen LogP contribution in [-0.2, 0) is 0 Å². The van der Waals surface area contributed by atoms with Crippen molar-refractivity contribution in [1.82, 2.24) is 29.9 Å². The van der Waals surface area contributed by atoms with E-state index in [2.05, 4.69) is 6.07 Å². The molecule has 2 heterocycles. The number of nitriles is 1. The van der Waals surface area contributed by atoms with Crippen molar-refractivity contribution in [2.45, 2.75) is 0 Å². The van der Waals surface area contributed by atoms with Crippen LogP contribution in [0.25, 0.3) is 90.2 Å². The van der Waals surface area contributed by atoms with Crippen LogP contribution in [0.2, 0.25) is 0 Å². The predicted octanol–water partition coefficient (Wildman–Crippen LogP) is 10.8. The number of nitrogens with zero attached hydrogens (tertiary/aromatic N) is 7. The van der Waals surface area contributed by atoms with Crippen molar-refractivity contribution in [3.63, 3.8) is 0 Å². The van der Waals surface area contributed by atoms with Crippen LogP contribution in [0.3, 0.4) is 0 Å². The Labute approximate surface area is 312 Å². The zero-order valence-corrected chi connectivity index (χ0v) is 28.9. The van der Waals surface area contributed by atoms with E-state index in [0.29, 0.717) is 40.5 Å². The van der Waals surface area contributed by atoms with Crippen molar-refractivity contribution in [2.24, 2.45) is 0 Å². The molecule has 7 nitrogen and oxygen atoms in total. The fourth-order valence-corrected chi connectivity index (χ4v) is 6.59. The van der Waals surface area contributed by atoms with E-state index < -0.39 is 0 Å². The van der Waals surface area contributed by atoms with Crippen molar-refractivity contribution in [1.29, 1.82) is 5.26 Å². The molecule has 0 spiro atoms. The molecule has 0 fully saturated rings. The first-order chi connectivity index (χ1) is 26.7. The molecule has 7 aromatic carbocycles. The number of hydrogen-bond acceptors (Lipinski definition) is 7. The summed E-state index contributed by atoms with van der Waals surface area (Å²) < 4.78 is 0. The summed E-state index contributed by atoms with van der Waals surface area (Å²) in [7, 11) is 0. The van der Waals surface area contributed by atoms with Gasteiger partial charge in [-0.3, -0.25) is 0 Å². The number of aromatic nitrogens is 6. The molecule has 0 aliphatic heterocycles. The SMILES string of the molecule is N#Cc1cc(-c2ccc(-c3nc(-c4ccccc4)nc(-c4ccccc4)n3)cc2)c(-c2nc(-c3ccccc3)nc(-c3ccccc3)n2)c2ccccc12. The molecule has 9 rings (SSSR count). The Bertz CT molecular complexity index is 2690. The second kappa shape index (κ2) is 14.1. The van der Waals surface area contributed by atoms with Crippen LogP contribution in [-0.4, -0.2) is 29.9 Å². The Balaban J connectivity index is 1.23. The number of fused-ring (bicyclic) bond motifs is 1. The third kappa shape index (κ3) is 6.25. The maximum absolute atomic E-state index is 10.4. The highest BCUT2D eigenvalue weighted by Crippen LogP contribution is 2.40. The fourth-order valence-electron chi connectivity index (χ4n) is 6.59. The molecule has 0 amide bonds. The molecule has 0 atom stereocenters. The zero-order valence-electron chi connectivity index (χ0n) is 28.9. The lowest BCUT2D eigenvalue weighted by atomic mass is 9.90. The first-order valence-corrected chi connectivity index (χ1v) is 17.5. The van der Waals surface area contributed by atoms with Crippen LogP contribution in [0.4, 0.5) is 0 Å². The van der Waals surface area contributed by atoms with Gasteiger partial charge in [0.05, 0.1) is 11.6 Å². The quantitative estimate of drug-likeness (QED) is 0.164. The van der Waals surface area contributed by atoms with Gasteiger partial charge in [-0.05, 0) is 22.6 Å². The highest BCUT2D eigenvalue weighted by molar-refractivity contribution is 6.05. The molecule has 0 unspecified atom stereocenters. The summed E-state index contributed by atoms with van der Waals surface area (Å²) in [5, 5.41) is 12.1. The molecular weight excluding hydrogens is 663 g/mol. The summed E-state index contributed by atoms with van der Waals surface area (Å²) in [6, 6.07) is 60.1. The molecule has 7 heteroatoms. The van der Waals surface area contributed by atoms with Gasteiger partial charge in [-0.25, -0.2) is 29.9 Å². The normalized spacial score (nSPS) is 10.9. The topological polar surface area (TPSA) is 101 Å². The third-order valence-corrected chi connectivity index (χ3v) is 9.24. The molecule has 0 saturated carbocycles. The lowest BCUT2D eigenvalue weighted by molar-refractivity contribution is 1.07. The summed E-state index contributed by atoms with van der Waals surface area (Å²) in [5.74, 6) is 3.39. The average molecular weight is 692 g/mol. The Morgan fingerprint density at radius 1 is 0.315 bits per heavy atom. The van der Waals surface area contributed by atoms with Crippen LogP contribution in [0.1, 0.15) is 5.56 Å². The van der Waals surface area contributed by atoms with Crippen molar-refractivity contribution in [2.75, 3.05) is 0 Å². The van der Waals surface area contributed by atoms with Crippen LogP contribution in [0, 0.1) is 11.3 Å². The van der Waals surface area contributed by atoms with Gasteiger partial charge in [0.15, 0.2) is 34.9 Å². The molecule has 2 aromatic heterocycles. The Morgan fingerprint density at radius 3 is 1.02 bits per heavy atom. The number of benzene rings is 7. The van der Waals surface area contributed by atoms with E-state index in [-0.39, 0.29) is 0 Å². The summed E-state index contributed by atoms with van der Waals surface area (Å²) in [4.78, 5) is 29.8. The highest BCUT2D eigenvalue weighted by Gasteiger charge is 2.21. The molecule has 0 N–H and O–H groups in total. The van der Waals surface area contributed by atoms with E-state index in [1.165, 1.54) is 0 Å². The first kappa shape index (κ1) is 32.2. The minimum absolute atomic E-state index is 0.514. The molecule has 54 heavy (non-hydrogen) atoms. The second-order valence-electron chi connectivity index (χ2n) is 12.7. The standard InChI is InChI=1S/C47H29N7/c48-30-37-29-40(31-25-27-36(28-26-31)46-50-42(32-15-5-1-6-16-32)49-43(51-46)33-17-7-2-8-18-33)41(39-24-14-13-23-38(37)39)47-53-44(34-19-9-3-10-20-34)52-45(54-47)35-21-11-4-12-22-35/h1-29H. The van der Waals surface area contributed by atoms with E-state index in [1.54, 1.807) is 0 Å². The number of hydrogen-bond donors (Lipinski definition) is 0. The minimum Gasteiger partial charge on any atom is -0.208 e. The lowest BCUT2D eigenvalue weighted by Crippen LogP contribution is -2.02. The van der Waals surface area contributed by atoms with Crippen LogP contribution >= 0.6 is 0 Å². The van der Waals surface area contributed by atoms with Gasteiger partial charge in [-0.15, -0.1) is 0 Å². The van der Waals surface area contributed by atoms with Gasteiger partial charge in [0.25, 0.3) is 0 Å². The van der Waals surface area contributed by atoms with E-state index in [9.17, 15) is 5.26 Å². The molecule has 9 aromatic rings. The van der Waals surface area contributed by atoms with E-state index in [1.807, 2.05) is 176 Å². The summed E-state index contributed by atoms with van der Waals surface area (Å²) in [5.41, 5.74) is 7.48. The molecular formula is C47H29N7. The molecule has 0 bridgehead atoms. The van der Waals surface area contributed by atoms with Gasteiger partial charge >= 0.3 is 0 Å². The molecule has 0 aliphatic rings. The Kier molecular flexibility index (Phi) is 8.44. The molecule has 0 saturated heterocycles. The van der Waals surface area contributed by atoms with Gasteiger partial charge in [-0.2, -0.15) is 5.26 Å².